The molecule has 0 aliphatic heterocycles. The molecule has 1 aromatic carbocycles. The van der Waals surface area contributed by atoms with E-state index < -0.39 is 0 Å². The third-order valence-electron chi connectivity index (χ3n) is 2.97. The van der Waals surface area contributed by atoms with E-state index >= 15 is 0 Å². The van der Waals surface area contributed by atoms with Crippen molar-refractivity contribution in [1.82, 2.24) is 9.97 Å². The molecule has 0 radical (unpaired) electrons. The number of nitrogens with zero attached hydrogens (tertiary/aromatic N) is 3. The molecule has 0 atom stereocenters. The SMILES string of the molecule is CC(C)c1nc(Cl)cc(N(C)Cc2ccccc2Br)n1. The summed E-state index contributed by atoms with van der Waals surface area (Å²) in [6.07, 6.45) is 0. The Labute approximate surface area is 133 Å². The van der Waals surface area contributed by atoms with Crippen molar-refractivity contribution in [3.05, 3.63) is 51.3 Å². The highest BCUT2D eigenvalue weighted by Crippen LogP contribution is 2.23. The number of aromatic nitrogens is 2. The Balaban J connectivity index is 2.25. The van der Waals surface area contributed by atoms with Crippen LogP contribution in [0.2, 0.25) is 5.15 Å². The van der Waals surface area contributed by atoms with Gasteiger partial charge in [0.2, 0.25) is 0 Å². The number of benzene rings is 1. The van der Waals surface area contributed by atoms with Crippen molar-refractivity contribution in [3.8, 4) is 0 Å². The molecule has 0 bridgehead atoms. The summed E-state index contributed by atoms with van der Waals surface area (Å²) in [6.45, 7) is 4.87. The number of rotatable bonds is 4. The van der Waals surface area contributed by atoms with Crippen molar-refractivity contribution >= 4 is 33.3 Å². The number of hydrogen-bond donors (Lipinski definition) is 0. The minimum absolute atomic E-state index is 0.254. The second kappa shape index (κ2) is 6.55. The van der Waals surface area contributed by atoms with E-state index in [0.717, 1.165) is 22.7 Å². The van der Waals surface area contributed by atoms with E-state index in [0.29, 0.717) is 5.15 Å². The minimum Gasteiger partial charge on any atom is -0.355 e. The van der Waals surface area contributed by atoms with Gasteiger partial charge in [-0.1, -0.05) is 59.6 Å². The lowest BCUT2D eigenvalue weighted by Crippen LogP contribution is -2.19. The Kier molecular flexibility index (Phi) is 5.00. The van der Waals surface area contributed by atoms with Crippen LogP contribution in [0.4, 0.5) is 5.82 Å². The molecule has 0 unspecified atom stereocenters. The predicted molar refractivity (Wildman–Crippen MR) is 87.4 cm³/mol. The molecule has 0 saturated carbocycles. The Morgan fingerprint density at radius 2 is 1.95 bits per heavy atom. The zero-order valence-electron chi connectivity index (χ0n) is 11.8. The zero-order chi connectivity index (χ0) is 14.7. The van der Waals surface area contributed by atoms with Crippen molar-refractivity contribution in [2.24, 2.45) is 0 Å². The molecule has 2 aromatic rings. The zero-order valence-corrected chi connectivity index (χ0v) is 14.1. The summed E-state index contributed by atoms with van der Waals surface area (Å²) in [7, 11) is 2.00. The van der Waals surface area contributed by atoms with Crippen LogP contribution in [-0.2, 0) is 6.54 Å². The van der Waals surface area contributed by atoms with E-state index in [1.54, 1.807) is 6.07 Å². The van der Waals surface area contributed by atoms with Gasteiger partial charge in [0.1, 0.15) is 16.8 Å². The first-order valence-corrected chi connectivity index (χ1v) is 7.63. The number of anilines is 1. The Hall–Kier alpha value is -1.13. The standard InChI is InChI=1S/C15H17BrClN3/c1-10(2)15-18-13(17)8-14(19-15)20(3)9-11-6-4-5-7-12(11)16/h4-8,10H,9H2,1-3H3. The van der Waals surface area contributed by atoms with Gasteiger partial charge in [-0.25, -0.2) is 9.97 Å². The molecule has 1 aromatic heterocycles. The number of hydrogen-bond acceptors (Lipinski definition) is 3. The molecular weight excluding hydrogens is 338 g/mol. The van der Waals surface area contributed by atoms with Crippen LogP contribution >= 0.6 is 27.5 Å². The van der Waals surface area contributed by atoms with Crippen LogP contribution < -0.4 is 4.90 Å². The van der Waals surface area contributed by atoms with Gasteiger partial charge in [-0.3, -0.25) is 0 Å². The van der Waals surface area contributed by atoms with E-state index in [-0.39, 0.29) is 5.92 Å². The molecule has 20 heavy (non-hydrogen) atoms. The first-order chi connectivity index (χ1) is 9.47. The van der Waals surface area contributed by atoms with E-state index in [4.69, 9.17) is 11.6 Å². The molecule has 5 heteroatoms. The quantitative estimate of drug-likeness (QED) is 0.748. The number of halogens is 2. The summed E-state index contributed by atoms with van der Waals surface area (Å²) < 4.78 is 1.09. The van der Waals surface area contributed by atoms with E-state index in [1.165, 1.54) is 5.56 Å². The lowest BCUT2D eigenvalue weighted by molar-refractivity contribution is 0.762. The molecule has 106 valence electrons. The van der Waals surface area contributed by atoms with Crippen LogP contribution in [0.1, 0.15) is 31.2 Å². The van der Waals surface area contributed by atoms with Gasteiger partial charge in [0.15, 0.2) is 0 Å². The molecule has 0 fully saturated rings. The molecule has 2 rings (SSSR count). The smallest absolute Gasteiger partial charge is 0.135 e. The maximum absolute atomic E-state index is 6.09. The molecular formula is C15H17BrClN3. The molecule has 3 nitrogen and oxygen atoms in total. The van der Waals surface area contributed by atoms with Crippen LogP contribution in [0.25, 0.3) is 0 Å². The summed E-state index contributed by atoms with van der Waals surface area (Å²) in [5, 5.41) is 0.484. The highest BCUT2D eigenvalue weighted by molar-refractivity contribution is 9.10. The fourth-order valence-corrected chi connectivity index (χ4v) is 2.43. The fraction of sp³-hybridized carbons (Fsp3) is 0.333. The monoisotopic (exact) mass is 353 g/mol. The van der Waals surface area contributed by atoms with Crippen molar-refractivity contribution in [2.75, 3.05) is 11.9 Å². The maximum Gasteiger partial charge on any atom is 0.135 e. The Morgan fingerprint density at radius 3 is 2.60 bits per heavy atom. The predicted octanol–water partition coefficient (Wildman–Crippen LogP) is 4.65. The van der Waals surface area contributed by atoms with Crippen molar-refractivity contribution < 1.29 is 0 Å². The molecule has 0 spiro atoms. The molecule has 1 heterocycles. The van der Waals surface area contributed by atoms with Crippen LogP contribution in [0, 0.1) is 0 Å². The van der Waals surface area contributed by atoms with Gasteiger partial charge in [0, 0.05) is 30.0 Å². The lowest BCUT2D eigenvalue weighted by atomic mass is 10.2. The molecule has 0 saturated heterocycles. The Morgan fingerprint density at radius 1 is 1.25 bits per heavy atom. The van der Waals surface area contributed by atoms with Crippen LogP contribution in [0.5, 0.6) is 0 Å². The summed E-state index contributed by atoms with van der Waals surface area (Å²) in [5.74, 6) is 1.86. The third kappa shape index (κ3) is 3.70. The van der Waals surface area contributed by atoms with Crippen LogP contribution in [-0.4, -0.2) is 17.0 Å². The van der Waals surface area contributed by atoms with E-state index in [2.05, 4.69) is 50.7 Å². The van der Waals surface area contributed by atoms with Gasteiger partial charge in [-0.2, -0.15) is 0 Å². The summed E-state index contributed by atoms with van der Waals surface area (Å²) in [4.78, 5) is 10.9. The van der Waals surface area contributed by atoms with Gasteiger partial charge in [-0.15, -0.1) is 0 Å². The second-order valence-electron chi connectivity index (χ2n) is 5.01. The molecule has 0 aliphatic carbocycles. The maximum atomic E-state index is 6.09. The highest BCUT2D eigenvalue weighted by atomic mass is 79.9. The largest absolute Gasteiger partial charge is 0.355 e. The molecule has 0 amide bonds. The van der Waals surface area contributed by atoms with Crippen LogP contribution in [0.15, 0.2) is 34.8 Å². The normalized spacial score (nSPS) is 10.9. The van der Waals surface area contributed by atoms with Crippen LogP contribution in [0.3, 0.4) is 0 Å². The van der Waals surface area contributed by atoms with Gasteiger partial charge in [0.25, 0.3) is 0 Å². The summed E-state index contributed by atoms with van der Waals surface area (Å²) in [5.41, 5.74) is 1.20. The first-order valence-electron chi connectivity index (χ1n) is 6.46. The third-order valence-corrected chi connectivity index (χ3v) is 3.94. The highest BCUT2D eigenvalue weighted by Gasteiger charge is 2.11. The summed E-state index contributed by atoms with van der Waals surface area (Å²) >= 11 is 9.65. The van der Waals surface area contributed by atoms with E-state index in [9.17, 15) is 0 Å². The fourth-order valence-electron chi connectivity index (χ4n) is 1.84. The summed E-state index contributed by atoms with van der Waals surface area (Å²) in [6, 6.07) is 9.96. The van der Waals surface area contributed by atoms with Gasteiger partial charge < -0.3 is 4.90 Å². The van der Waals surface area contributed by atoms with Crippen molar-refractivity contribution in [3.63, 3.8) is 0 Å². The van der Waals surface area contributed by atoms with Gasteiger partial charge in [0.05, 0.1) is 0 Å². The average Bonchev–Trinajstić information content (AvgIpc) is 2.40. The topological polar surface area (TPSA) is 29.0 Å². The molecule has 0 aliphatic rings. The second-order valence-corrected chi connectivity index (χ2v) is 6.25. The van der Waals surface area contributed by atoms with Crippen molar-refractivity contribution in [2.45, 2.75) is 26.3 Å². The van der Waals surface area contributed by atoms with Crippen molar-refractivity contribution in [1.29, 1.82) is 0 Å². The van der Waals surface area contributed by atoms with Gasteiger partial charge >= 0.3 is 0 Å². The Bertz CT molecular complexity index is 601. The molecule has 0 N–H and O–H groups in total. The van der Waals surface area contributed by atoms with Gasteiger partial charge in [-0.05, 0) is 11.6 Å². The average molecular weight is 355 g/mol. The lowest BCUT2D eigenvalue weighted by Gasteiger charge is -2.20. The first kappa shape index (κ1) is 15.3. The minimum atomic E-state index is 0.254. The van der Waals surface area contributed by atoms with E-state index in [1.807, 2.05) is 25.2 Å².